The Morgan fingerprint density at radius 3 is 1.67 bits per heavy atom. The number of hydroxylamine groups is 6. The second-order valence-electron chi connectivity index (χ2n) is 19.8. The molecule has 464 valence electrons. The Morgan fingerprint density at radius 2 is 1.13 bits per heavy atom. The molecule has 31 nitrogen and oxygen atoms in total. The van der Waals surface area contributed by atoms with Crippen molar-refractivity contribution in [2.75, 3.05) is 59.0 Å². The van der Waals surface area contributed by atoms with Crippen molar-refractivity contribution < 1.29 is 72.2 Å². The fourth-order valence-corrected chi connectivity index (χ4v) is 7.59. The first-order chi connectivity index (χ1) is 38.7. The number of nitrogens with one attached hydrogen (secondary N) is 10. The summed E-state index contributed by atoms with van der Waals surface area (Å²) >= 11 is 0. The van der Waals surface area contributed by atoms with Crippen LogP contribution in [0.3, 0.4) is 0 Å². The molecule has 0 aromatic carbocycles. The molecule has 11 N–H and O–H groups in total. The smallest absolute Gasteiger partial charge is 0.325 e. The minimum absolute atomic E-state index is 0.00997. The maximum atomic E-state index is 14.0. The van der Waals surface area contributed by atoms with Gasteiger partial charge in [0.25, 0.3) is 0 Å². The lowest BCUT2D eigenvalue weighted by molar-refractivity contribution is -0.147. The van der Waals surface area contributed by atoms with E-state index in [1.54, 1.807) is 12.2 Å². The van der Waals surface area contributed by atoms with E-state index in [0.29, 0.717) is 6.42 Å². The van der Waals surface area contributed by atoms with Gasteiger partial charge in [0.15, 0.2) is 0 Å². The predicted molar refractivity (Wildman–Crippen MR) is 293 cm³/mol. The number of aliphatic hydroxyl groups is 1. The van der Waals surface area contributed by atoms with Crippen molar-refractivity contribution in [2.45, 2.75) is 168 Å². The number of hydrogen-bond acceptors (Lipinski definition) is 19. The highest BCUT2D eigenvalue weighted by atomic mass is 16.5. The Balaban J connectivity index is 3.74. The summed E-state index contributed by atoms with van der Waals surface area (Å²) in [6.07, 6.45) is 6.77. The topological polar surface area (TPSA) is 451 Å². The quantitative estimate of drug-likeness (QED) is 0.0219. The molecule has 0 aliphatic carbocycles. The highest BCUT2D eigenvalue weighted by Crippen LogP contribution is 2.08. The van der Waals surface area contributed by atoms with Crippen molar-refractivity contribution >= 4 is 76.9 Å². The molecule has 0 radical (unpaired) electrons. The molecule has 1 heterocycles. The minimum Gasteiger partial charge on any atom is -0.756 e. The molecule has 31 heteroatoms. The Labute approximate surface area is 476 Å². The predicted octanol–water partition coefficient (Wildman–Crippen LogP) is -3.28. The second-order valence-corrected chi connectivity index (χ2v) is 19.8. The van der Waals surface area contributed by atoms with Gasteiger partial charge in [0, 0.05) is 59.4 Å². The second kappa shape index (κ2) is 39.9. The molecule has 1 rings (SSSR count). The summed E-state index contributed by atoms with van der Waals surface area (Å²) in [6.45, 7) is 4.01. The number of esters is 1. The summed E-state index contributed by atoms with van der Waals surface area (Å²) in [4.78, 5) is 169. The van der Waals surface area contributed by atoms with Crippen molar-refractivity contribution in [3.63, 3.8) is 0 Å². The number of unbranched alkanes of at least 4 members (excludes halogenated alkanes) is 4. The van der Waals surface area contributed by atoms with Crippen LogP contribution < -0.4 is 53.2 Å². The average molecular weight is 1170 g/mol. The van der Waals surface area contributed by atoms with Crippen molar-refractivity contribution in [3.8, 4) is 0 Å². The standard InChI is InChI=1S/C51H84N13O18/c1-8-9-10-11-12-13-14-21-41(69)58-40-30-82-44(72)28-55-47(74)37(19-16-23-63(80)34(6)67)57-42(70)26-53-46(73)32(4)52-25-36(18-15-22-62(79)33(5)66)56-49(76)39(29-65)60-51(78)45(31(2)3)61-43(71)27-54-48(75)38(59-50(40)77)20-17-24-64(81)35(7)68/h13-14,31-32,36-40,45,52,65H,8-12,15-30H2,1-7H3,(H,53,73)(H,54,75)(H,55,74)(H,56,76)(H,57,70)(H,58,69)(H,59,77)(H,60,78)(H,61,71)/q-3/b14-13-/t32-,36?,37?,38?,39-,40-,45+/m0/s1. The first kappa shape index (κ1) is 72.7. The summed E-state index contributed by atoms with van der Waals surface area (Å²) in [6, 6.07) is -9.84. The molecule has 0 aromatic rings. The maximum Gasteiger partial charge on any atom is 0.325 e. The van der Waals surface area contributed by atoms with Crippen LogP contribution in [0.5, 0.6) is 0 Å². The monoisotopic (exact) mass is 1170 g/mol. The van der Waals surface area contributed by atoms with Crippen molar-refractivity contribution in [1.29, 1.82) is 0 Å². The number of amides is 12. The number of hydrogen-bond donors (Lipinski definition) is 11. The molecule has 1 fully saturated rings. The van der Waals surface area contributed by atoms with Crippen LogP contribution in [-0.4, -0.2) is 198 Å². The number of ether oxygens (including phenoxy) is 1. The number of cyclic esters (lactones) is 1. The molecule has 7 atom stereocenters. The van der Waals surface area contributed by atoms with Gasteiger partial charge in [0.05, 0.1) is 25.7 Å². The van der Waals surface area contributed by atoms with Crippen LogP contribution in [0.1, 0.15) is 126 Å². The lowest BCUT2D eigenvalue weighted by Gasteiger charge is -2.29. The molecular weight excluding hydrogens is 1080 g/mol. The van der Waals surface area contributed by atoms with E-state index >= 15 is 0 Å². The summed E-state index contributed by atoms with van der Waals surface area (Å²) in [7, 11) is 0. The van der Waals surface area contributed by atoms with Gasteiger partial charge in [-0.1, -0.05) is 52.2 Å². The highest BCUT2D eigenvalue weighted by molar-refractivity contribution is 5.96. The number of nitrogens with zero attached hydrogens (tertiary/aromatic N) is 3. The van der Waals surface area contributed by atoms with E-state index in [1.807, 2.05) is 0 Å². The first-order valence-corrected chi connectivity index (χ1v) is 27.3. The van der Waals surface area contributed by atoms with Crippen LogP contribution in [0.4, 0.5) is 0 Å². The van der Waals surface area contributed by atoms with Gasteiger partial charge in [-0.05, 0) is 64.2 Å². The van der Waals surface area contributed by atoms with Crippen LogP contribution in [0.2, 0.25) is 0 Å². The van der Waals surface area contributed by atoms with E-state index in [2.05, 4.69) is 60.1 Å². The van der Waals surface area contributed by atoms with Gasteiger partial charge in [0.1, 0.15) is 43.4 Å². The van der Waals surface area contributed by atoms with Gasteiger partial charge in [-0.2, -0.15) is 0 Å². The molecule has 0 saturated carbocycles. The summed E-state index contributed by atoms with van der Waals surface area (Å²) in [5.74, 6) is -12.7. The van der Waals surface area contributed by atoms with Gasteiger partial charge in [-0.3, -0.25) is 62.3 Å². The van der Waals surface area contributed by atoms with Crippen LogP contribution in [0.25, 0.3) is 0 Å². The molecule has 3 unspecified atom stereocenters. The van der Waals surface area contributed by atoms with Gasteiger partial charge >= 0.3 is 5.97 Å². The number of carbonyl (C=O) groups is 13. The van der Waals surface area contributed by atoms with E-state index in [9.17, 15) is 83.1 Å². The molecule has 1 aliphatic heterocycles. The van der Waals surface area contributed by atoms with Crippen LogP contribution in [0.15, 0.2) is 12.2 Å². The first-order valence-electron chi connectivity index (χ1n) is 27.3. The summed E-state index contributed by atoms with van der Waals surface area (Å²) in [5.41, 5.74) is 0. The molecule has 82 heavy (non-hydrogen) atoms. The normalized spacial score (nSPS) is 22.1. The van der Waals surface area contributed by atoms with Gasteiger partial charge < -0.3 is 93.8 Å². The minimum atomic E-state index is -1.72. The van der Waals surface area contributed by atoms with Crippen molar-refractivity contribution in [3.05, 3.63) is 27.8 Å². The Hall–Kier alpha value is -7.35. The van der Waals surface area contributed by atoms with E-state index in [0.717, 1.165) is 46.5 Å². The summed E-state index contributed by atoms with van der Waals surface area (Å²) < 4.78 is 5.28. The molecule has 0 bridgehead atoms. The number of rotatable bonds is 22. The van der Waals surface area contributed by atoms with Gasteiger partial charge in [-0.25, -0.2) is 0 Å². The van der Waals surface area contributed by atoms with E-state index < -0.39 is 171 Å². The van der Waals surface area contributed by atoms with E-state index in [4.69, 9.17) is 4.74 Å². The number of aliphatic hydroxyl groups excluding tert-OH is 1. The average Bonchev–Trinajstić information content (AvgIpc) is 3.43. The third-order valence-corrected chi connectivity index (χ3v) is 12.5. The van der Waals surface area contributed by atoms with Crippen molar-refractivity contribution in [1.82, 2.24) is 68.4 Å². The number of allylic oxidation sites excluding steroid dienone is 1. The van der Waals surface area contributed by atoms with Crippen LogP contribution >= 0.6 is 0 Å². The molecule has 1 saturated heterocycles. The molecule has 1 aliphatic rings. The Morgan fingerprint density at radius 1 is 0.622 bits per heavy atom. The van der Waals surface area contributed by atoms with Crippen LogP contribution in [-0.2, 0) is 67.1 Å². The zero-order chi connectivity index (χ0) is 61.9. The molecule has 12 amide bonds. The zero-order valence-corrected chi connectivity index (χ0v) is 47.9. The Bertz CT molecular complexity index is 2180. The largest absolute Gasteiger partial charge is 0.756 e. The zero-order valence-electron chi connectivity index (χ0n) is 47.9. The third-order valence-electron chi connectivity index (χ3n) is 12.5. The van der Waals surface area contributed by atoms with Crippen LogP contribution in [0, 0.1) is 21.5 Å². The number of carbonyl (C=O) groups excluding carboxylic acids is 13. The molecular formula is C51H84N13O18-3. The maximum absolute atomic E-state index is 14.0. The Kier molecular flexibility index (Phi) is 35.4. The van der Waals surface area contributed by atoms with E-state index in [-0.39, 0.29) is 73.2 Å². The lowest BCUT2D eigenvalue weighted by atomic mass is 10.0. The molecule has 0 aromatic heterocycles. The highest BCUT2D eigenvalue weighted by Gasteiger charge is 2.32. The fourth-order valence-electron chi connectivity index (χ4n) is 7.59. The van der Waals surface area contributed by atoms with Crippen molar-refractivity contribution in [2.24, 2.45) is 5.92 Å². The molecule has 0 spiro atoms. The third kappa shape index (κ3) is 30.5. The summed E-state index contributed by atoms with van der Waals surface area (Å²) in [5, 5.41) is 71.3. The van der Waals surface area contributed by atoms with Gasteiger partial charge in [0.2, 0.25) is 70.9 Å². The lowest BCUT2D eigenvalue weighted by Crippen LogP contribution is -2.59. The fraction of sp³-hybridized carbons (Fsp3) is 0.706. The van der Waals surface area contributed by atoms with Gasteiger partial charge in [-0.15, -0.1) is 0 Å². The van der Waals surface area contributed by atoms with E-state index in [1.165, 1.54) is 20.8 Å². The SMILES string of the molecule is CCCCCC/C=C\CC(=O)N[C@H]1COC(=O)CNC(=O)C(CCCN([O-])C(C)=O)NC(=O)CNC(=O)[C@H](C)NCC(CCCN([O-])C(C)=O)NC(=O)[C@H](CO)NC(=O)[C@@H](C(C)C)NC(=O)CNC(=O)C(CCCN([O-])C(C)=O)NC1=O.